The van der Waals surface area contributed by atoms with Crippen LogP contribution < -0.4 is 10.3 Å². The van der Waals surface area contributed by atoms with E-state index in [0.29, 0.717) is 12.4 Å². The van der Waals surface area contributed by atoms with Crippen LogP contribution in [0.5, 0.6) is 0 Å². The van der Waals surface area contributed by atoms with Gasteiger partial charge in [0.05, 0.1) is 16.8 Å². The Labute approximate surface area is 134 Å². The first-order valence-electron chi connectivity index (χ1n) is 7.06. The Balaban J connectivity index is 2.39. The zero-order valence-electron chi connectivity index (χ0n) is 12.3. The molecule has 0 radical (unpaired) electrons. The number of carboxylic acids is 1. The second kappa shape index (κ2) is 5.84. The second-order valence-electron chi connectivity index (χ2n) is 5.18. The number of aryl methyl sites for hydroxylation is 1. The van der Waals surface area contributed by atoms with Crippen LogP contribution in [0.4, 0.5) is 14.5 Å². The van der Waals surface area contributed by atoms with Crippen molar-refractivity contribution >= 4 is 34.3 Å². The van der Waals surface area contributed by atoms with Gasteiger partial charge in [0.2, 0.25) is 5.43 Å². The molecule has 0 unspecified atom stereocenters. The van der Waals surface area contributed by atoms with E-state index < -0.39 is 28.6 Å². The number of hydrogen-bond acceptors (Lipinski definition) is 4. The Hall–Kier alpha value is -2.09. The van der Waals surface area contributed by atoms with Crippen LogP contribution in [-0.2, 0) is 6.54 Å². The highest BCUT2D eigenvalue weighted by molar-refractivity contribution is 7.99. The van der Waals surface area contributed by atoms with Crippen LogP contribution in [0, 0.1) is 11.6 Å². The molecule has 1 aromatic carbocycles. The second-order valence-corrected chi connectivity index (χ2v) is 6.26. The number of anilines is 1. The summed E-state index contributed by atoms with van der Waals surface area (Å²) in [5.74, 6) is -1.84. The van der Waals surface area contributed by atoms with Crippen LogP contribution >= 0.6 is 11.8 Å². The molecular weight excluding hydrogens is 326 g/mol. The summed E-state index contributed by atoms with van der Waals surface area (Å²) in [4.78, 5) is 25.0. The molecular formula is C15H14F2N2O3S. The number of aromatic carboxylic acids is 1. The monoisotopic (exact) mass is 340 g/mol. The fourth-order valence-corrected chi connectivity index (χ4v) is 3.72. The Morgan fingerprint density at radius 2 is 2.17 bits per heavy atom. The maximum absolute atomic E-state index is 14.9. The number of aromatic nitrogens is 1. The molecule has 8 heteroatoms. The van der Waals surface area contributed by atoms with E-state index in [-0.39, 0.29) is 23.1 Å². The molecule has 0 bridgehead atoms. The molecule has 3 rings (SSSR count). The fraction of sp³-hybridized carbons (Fsp3) is 0.333. The van der Waals surface area contributed by atoms with Crippen LogP contribution in [0.1, 0.15) is 17.3 Å². The highest BCUT2D eigenvalue weighted by Gasteiger charge is 2.26. The first-order chi connectivity index (χ1) is 11.0. The average Bonchev–Trinajstić information content (AvgIpc) is 3.02. The first-order valence-corrected chi connectivity index (χ1v) is 8.22. The van der Waals surface area contributed by atoms with Gasteiger partial charge in [-0.3, -0.25) is 4.79 Å². The minimum absolute atomic E-state index is 0.0594. The third kappa shape index (κ3) is 2.46. The molecule has 0 atom stereocenters. The van der Waals surface area contributed by atoms with Crippen molar-refractivity contribution in [2.75, 3.05) is 23.1 Å². The van der Waals surface area contributed by atoms with Crippen molar-refractivity contribution in [2.45, 2.75) is 13.5 Å². The highest BCUT2D eigenvalue weighted by atomic mass is 32.2. The summed E-state index contributed by atoms with van der Waals surface area (Å²) in [5, 5.41) is 8.85. The van der Waals surface area contributed by atoms with Crippen LogP contribution in [0.15, 0.2) is 17.1 Å². The van der Waals surface area contributed by atoms with Crippen molar-refractivity contribution < 1.29 is 18.7 Å². The Morgan fingerprint density at radius 1 is 1.43 bits per heavy atom. The first kappa shape index (κ1) is 15.8. The zero-order chi connectivity index (χ0) is 16.7. The van der Waals surface area contributed by atoms with E-state index in [2.05, 4.69) is 0 Å². The number of carbonyl (C=O) groups is 1. The molecule has 1 saturated heterocycles. The number of fused-ring (bicyclic) bond motifs is 1. The number of carboxylic acid groups (broad SMARTS) is 1. The number of thioether (sulfide) groups is 1. The van der Waals surface area contributed by atoms with Crippen molar-refractivity contribution in [3.63, 3.8) is 0 Å². The maximum Gasteiger partial charge on any atom is 0.341 e. The summed E-state index contributed by atoms with van der Waals surface area (Å²) >= 11 is 1.57. The number of benzene rings is 1. The van der Waals surface area contributed by atoms with Crippen molar-refractivity contribution in [1.82, 2.24) is 4.57 Å². The summed E-state index contributed by atoms with van der Waals surface area (Å²) in [6.45, 7) is 2.48. The predicted octanol–water partition coefficient (Wildman–Crippen LogP) is 2.51. The SMILES string of the molecule is CCn1cc(C(=O)O)c(=O)c2cc(F)c(N3CCSC3)c(F)c21. The lowest BCUT2D eigenvalue weighted by atomic mass is 10.1. The molecule has 2 aromatic rings. The summed E-state index contributed by atoms with van der Waals surface area (Å²) in [5.41, 5.74) is -1.59. The van der Waals surface area contributed by atoms with Gasteiger partial charge in [-0.05, 0) is 13.0 Å². The molecule has 1 aliphatic heterocycles. The van der Waals surface area contributed by atoms with E-state index in [1.54, 1.807) is 23.6 Å². The van der Waals surface area contributed by atoms with Gasteiger partial charge in [-0.25, -0.2) is 13.6 Å². The van der Waals surface area contributed by atoms with Gasteiger partial charge in [0.25, 0.3) is 0 Å². The number of halogens is 2. The van der Waals surface area contributed by atoms with E-state index >= 15 is 0 Å². The summed E-state index contributed by atoms with van der Waals surface area (Å²) in [6.07, 6.45) is 1.11. The summed E-state index contributed by atoms with van der Waals surface area (Å²) in [7, 11) is 0. The van der Waals surface area contributed by atoms with Crippen LogP contribution in [0.2, 0.25) is 0 Å². The molecule has 23 heavy (non-hydrogen) atoms. The van der Waals surface area contributed by atoms with Crippen molar-refractivity contribution in [3.8, 4) is 0 Å². The molecule has 1 aromatic heterocycles. The number of rotatable bonds is 3. The van der Waals surface area contributed by atoms with Crippen LogP contribution in [0.25, 0.3) is 10.9 Å². The Bertz CT molecular complexity index is 860. The quantitative estimate of drug-likeness (QED) is 0.930. The summed E-state index contributed by atoms with van der Waals surface area (Å²) < 4.78 is 30.7. The van der Waals surface area contributed by atoms with Gasteiger partial charge >= 0.3 is 5.97 Å². The van der Waals surface area contributed by atoms with Gasteiger partial charge in [-0.15, -0.1) is 11.8 Å². The van der Waals surface area contributed by atoms with Crippen LogP contribution in [0.3, 0.4) is 0 Å². The minimum atomic E-state index is -1.42. The standard InChI is InChI=1S/C15H14F2N2O3S/c1-2-18-6-9(15(21)22)14(20)8-5-10(16)13(11(17)12(8)18)19-3-4-23-7-19/h5-6H,2-4,7H2,1H3,(H,21,22). The van der Waals surface area contributed by atoms with Gasteiger partial charge in [0, 0.05) is 25.0 Å². The van der Waals surface area contributed by atoms with Gasteiger partial charge < -0.3 is 14.6 Å². The molecule has 5 nitrogen and oxygen atoms in total. The van der Waals surface area contributed by atoms with Gasteiger partial charge in [-0.2, -0.15) is 0 Å². The van der Waals surface area contributed by atoms with E-state index in [1.165, 1.54) is 4.57 Å². The molecule has 0 amide bonds. The molecule has 0 aliphatic carbocycles. The molecule has 1 N–H and O–H groups in total. The molecule has 2 heterocycles. The molecule has 1 aliphatic rings. The van der Waals surface area contributed by atoms with Crippen molar-refractivity contribution in [3.05, 3.63) is 39.7 Å². The lowest BCUT2D eigenvalue weighted by Gasteiger charge is -2.21. The zero-order valence-corrected chi connectivity index (χ0v) is 13.1. The lowest BCUT2D eigenvalue weighted by Crippen LogP contribution is -2.24. The third-order valence-corrected chi connectivity index (χ3v) is 4.84. The highest BCUT2D eigenvalue weighted by Crippen LogP contribution is 2.32. The lowest BCUT2D eigenvalue weighted by molar-refractivity contribution is 0.0695. The van der Waals surface area contributed by atoms with E-state index in [1.807, 2.05) is 0 Å². The molecule has 1 fully saturated rings. The largest absolute Gasteiger partial charge is 0.477 e. The van der Waals surface area contributed by atoms with E-state index in [9.17, 15) is 18.4 Å². The smallest absolute Gasteiger partial charge is 0.341 e. The number of hydrogen-bond donors (Lipinski definition) is 1. The molecule has 0 spiro atoms. The van der Waals surface area contributed by atoms with E-state index in [0.717, 1.165) is 18.0 Å². The fourth-order valence-electron chi connectivity index (χ4n) is 2.76. The molecule has 122 valence electrons. The van der Waals surface area contributed by atoms with Crippen molar-refractivity contribution in [1.29, 1.82) is 0 Å². The normalized spacial score (nSPS) is 14.7. The third-order valence-electron chi connectivity index (χ3n) is 3.87. The van der Waals surface area contributed by atoms with Crippen molar-refractivity contribution in [2.24, 2.45) is 0 Å². The van der Waals surface area contributed by atoms with Gasteiger partial charge in [0.15, 0.2) is 5.82 Å². The molecule has 0 saturated carbocycles. The van der Waals surface area contributed by atoms with Crippen LogP contribution in [-0.4, -0.2) is 33.8 Å². The maximum atomic E-state index is 14.9. The van der Waals surface area contributed by atoms with Gasteiger partial charge in [-0.1, -0.05) is 0 Å². The Morgan fingerprint density at radius 3 is 2.74 bits per heavy atom. The van der Waals surface area contributed by atoms with Gasteiger partial charge in [0.1, 0.15) is 17.1 Å². The topological polar surface area (TPSA) is 62.5 Å². The average molecular weight is 340 g/mol. The number of nitrogens with zero attached hydrogens (tertiary/aromatic N) is 2. The Kier molecular flexibility index (Phi) is 4.01. The minimum Gasteiger partial charge on any atom is -0.477 e. The predicted molar refractivity (Wildman–Crippen MR) is 85.4 cm³/mol. The number of pyridine rings is 1. The summed E-state index contributed by atoms with van der Waals surface area (Å²) in [6, 6.07) is 0.942. The van der Waals surface area contributed by atoms with E-state index in [4.69, 9.17) is 5.11 Å².